The van der Waals surface area contributed by atoms with Crippen molar-refractivity contribution in [2.24, 2.45) is 4.99 Å². The van der Waals surface area contributed by atoms with Gasteiger partial charge in [0.2, 0.25) is 0 Å². The molecule has 0 fully saturated rings. The van der Waals surface area contributed by atoms with Gasteiger partial charge in [-0.1, -0.05) is 13.8 Å². The van der Waals surface area contributed by atoms with Gasteiger partial charge in [-0.2, -0.15) is 5.10 Å². The van der Waals surface area contributed by atoms with E-state index >= 15 is 0 Å². The maximum Gasteiger partial charge on any atom is 0.154 e. The zero-order valence-electron chi connectivity index (χ0n) is 17.5. The van der Waals surface area contributed by atoms with Crippen LogP contribution in [0, 0.1) is 5.41 Å². The van der Waals surface area contributed by atoms with Crippen molar-refractivity contribution >= 4 is 35.1 Å². The maximum atomic E-state index is 7.77. The summed E-state index contributed by atoms with van der Waals surface area (Å²) in [6, 6.07) is 7.71. The summed E-state index contributed by atoms with van der Waals surface area (Å²) in [5, 5.41) is 19.2. The van der Waals surface area contributed by atoms with Gasteiger partial charge in [0.25, 0.3) is 0 Å². The largest absolute Gasteiger partial charge is 0.323 e. The van der Waals surface area contributed by atoms with Crippen LogP contribution in [0.15, 0.2) is 41.7 Å². The standard InChI is InChI=1S/C22H27N7/c1-14(2)15-9-21(29-26-13-15)28-20-7-6-18-19(27-20)8-16(11-24-18)17(10-23)12-25-22(3,4)5/h6-14,17,23H,1-5H3,(H,27,28,29). The summed E-state index contributed by atoms with van der Waals surface area (Å²) in [7, 11) is 0. The monoisotopic (exact) mass is 389 g/mol. The van der Waals surface area contributed by atoms with Crippen LogP contribution in [-0.2, 0) is 0 Å². The van der Waals surface area contributed by atoms with E-state index in [9.17, 15) is 0 Å². The molecule has 0 aliphatic carbocycles. The Bertz CT molecular complexity index is 1030. The van der Waals surface area contributed by atoms with E-state index in [1.165, 1.54) is 6.21 Å². The van der Waals surface area contributed by atoms with Crippen LogP contribution in [0.5, 0.6) is 0 Å². The SMILES string of the molecule is CC(C)c1cnnc(Nc2ccc3ncc(C(C=N)C=NC(C)(C)C)cc3n2)c1. The Hall–Kier alpha value is -3.22. The molecule has 0 aliphatic rings. The highest BCUT2D eigenvalue weighted by Crippen LogP contribution is 2.22. The fraction of sp³-hybridized carbons (Fsp3) is 0.364. The molecule has 29 heavy (non-hydrogen) atoms. The van der Waals surface area contributed by atoms with E-state index < -0.39 is 0 Å². The quantitative estimate of drug-likeness (QED) is 0.585. The Morgan fingerprint density at radius 1 is 1.03 bits per heavy atom. The van der Waals surface area contributed by atoms with E-state index in [1.54, 1.807) is 18.6 Å². The summed E-state index contributed by atoms with van der Waals surface area (Å²) < 4.78 is 0. The summed E-state index contributed by atoms with van der Waals surface area (Å²) in [4.78, 5) is 13.7. The predicted octanol–water partition coefficient (Wildman–Crippen LogP) is 4.89. The Morgan fingerprint density at radius 3 is 2.52 bits per heavy atom. The molecule has 0 saturated carbocycles. The molecule has 1 atom stereocenters. The Balaban J connectivity index is 1.90. The Kier molecular flexibility index (Phi) is 5.96. The number of nitrogens with one attached hydrogen (secondary N) is 2. The van der Waals surface area contributed by atoms with E-state index in [0.717, 1.165) is 22.2 Å². The summed E-state index contributed by atoms with van der Waals surface area (Å²) >= 11 is 0. The molecule has 1 unspecified atom stereocenters. The molecule has 7 heteroatoms. The molecule has 0 amide bonds. The minimum absolute atomic E-state index is 0.188. The number of fused-ring (bicyclic) bond motifs is 1. The number of anilines is 2. The van der Waals surface area contributed by atoms with Crippen LogP contribution in [0.3, 0.4) is 0 Å². The number of nitrogens with zero attached hydrogens (tertiary/aromatic N) is 5. The first kappa shape index (κ1) is 20.5. The molecule has 0 radical (unpaired) electrons. The molecular formula is C22H27N7. The highest BCUT2D eigenvalue weighted by atomic mass is 15.2. The van der Waals surface area contributed by atoms with Crippen molar-refractivity contribution in [1.29, 1.82) is 5.41 Å². The maximum absolute atomic E-state index is 7.77. The van der Waals surface area contributed by atoms with E-state index in [4.69, 9.17) is 5.41 Å². The van der Waals surface area contributed by atoms with Crippen LogP contribution in [0.2, 0.25) is 0 Å². The van der Waals surface area contributed by atoms with Gasteiger partial charge in [-0.3, -0.25) is 9.98 Å². The number of pyridine rings is 2. The van der Waals surface area contributed by atoms with Gasteiger partial charge >= 0.3 is 0 Å². The third-order valence-electron chi connectivity index (χ3n) is 4.34. The molecule has 0 spiro atoms. The van der Waals surface area contributed by atoms with Crippen molar-refractivity contribution in [3.8, 4) is 0 Å². The minimum Gasteiger partial charge on any atom is -0.323 e. The number of hydrogen-bond donors (Lipinski definition) is 2. The Morgan fingerprint density at radius 2 is 1.83 bits per heavy atom. The molecule has 2 N–H and O–H groups in total. The molecular weight excluding hydrogens is 362 g/mol. The third kappa shape index (κ3) is 5.40. The van der Waals surface area contributed by atoms with Crippen LogP contribution in [0.1, 0.15) is 57.6 Å². The number of rotatable bonds is 6. The topological polar surface area (TPSA) is 99.8 Å². The first-order chi connectivity index (χ1) is 13.7. The summed E-state index contributed by atoms with van der Waals surface area (Å²) in [5.74, 6) is 1.46. The molecule has 0 bridgehead atoms. The van der Waals surface area contributed by atoms with Crippen molar-refractivity contribution in [3.05, 3.63) is 47.8 Å². The van der Waals surface area contributed by atoms with E-state index in [0.29, 0.717) is 17.6 Å². The molecule has 0 saturated heterocycles. The second kappa shape index (κ2) is 8.43. The Labute approximate surface area is 171 Å². The normalized spacial score (nSPS) is 13.2. The summed E-state index contributed by atoms with van der Waals surface area (Å²) in [6.45, 7) is 10.3. The van der Waals surface area contributed by atoms with Gasteiger partial charge in [-0.25, -0.2) is 4.98 Å². The number of aromatic nitrogens is 4. The lowest BCUT2D eigenvalue weighted by Crippen LogP contribution is -2.12. The van der Waals surface area contributed by atoms with Crippen molar-refractivity contribution in [3.63, 3.8) is 0 Å². The number of aliphatic imine (C=N–C) groups is 1. The van der Waals surface area contributed by atoms with E-state index in [2.05, 4.69) is 44.3 Å². The van der Waals surface area contributed by atoms with Crippen molar-refractivity contribution in [2.75, 3.05) is 5.32 Å². The van der Waals surface area contributed by atoms with Gasteiger partial charge in [0, 0.05) is 18.6 Å². The van der Waals surface area contributed by atoms with Gasteiger partial charge in [0.1, 0.15) is 5.82 Å². The smallest absolute Gasteiger partial charge is 0.154 e. The molecule has 7 nitrogen and oxygen atoms in total. The second-order valence-corrected chi connectivity index (χ2v) is 8.30. The van der Waals surface area contributed by atoms with Crippen LogP contribution in [0.25, 0.3) is 11.0 Å². The average Bonchev–Trinajstić information content (AvgIpc) is 2.67. The molecule has 3 aromatic heterocycles. The number of hydrogen-bond acceptors (Lipinski definition) is 7. The molecule has 0 aliphatic heterocycles. The van der Waals surface area contributed by atoms with E-state index in [-0.39, 0.29) is 11.5 Å². The van der Waals surface area contributed by atoms with Crippen LogP contribution < -0.4 is 5.32 Å². The average molecular weight is 390 g/mol. The minimum atomic E-state index is -0.238. The highest BCUT2D eigenvalue weighted by molar-refractivity contribution is 5.90. The summed E-state index contributed by atoms with van der Waals surface area (Å²) in [6.07, 6.45) is 6.72. The predicted molar refractivity (Wildman–Crippen MR) is 119 cm³/mol. The van der Waals surface area contributed by atoms with Crippen LogP contribution in [0.4, 0.5) is 11.6 Å². The lowest BCUT2D eigenvalue weighted by atomic mass is 10.0. The van der Waals surface area contributed by atoms with Gasteiger partial charge in [-0.15, -0.1) is 5.10 Å². The lowest BCUT2D eigenvalue weighted by Gasteiger charge is -2.14. The summed E-state index contributed by atoms with van der Waals surface area (Å²) in [5.41, 5.74) is 3.34. The molecule has 3 rings (SSSR count). The van der Waals surface area contributed by atoms with Crippen LogP contribution in [-0.4, -0.2) is 38.1 Å². The van der Waals surface area contributed by atoms with Crippen molar-refractivity contribution in [1.82, 2.24) is 20.2 Å². The van der Waals surface area contributed by atoms with Crippen molar-refractivity contribution in [2.45, 2.75) is 52.0 Å². The third-order valence-corrected chi connectivity index (χ3v) is 4.34. The lowest BCUT2D eigenvalue weighted by molar-refractivity contribution is 0.585. The second-order valence-electron chi connectivity index (χ2n) is 8.30. The fourth-order valence-corrected chi connectivity index (χ4v) is 2.69. The first-order valence-electron chi connectivity index (χ1n) is 9.67. The van der Waals surface area contributed by atoms with Gasteiger partial charge in [-0.05, 0) is 62.1 Å². The highest BCUT2D eigenvalue weighted by Gasteiger charge is 2.12. The molecule has 3 aromatic rings. The van der Waals surface area contributed by atoms with Crippen LogP contribution >= 0.6 is 0 Å². The zero-order valence-corrected chi connectivity index (χ0v) is 17.5. The molecule has 0 aromatic carbocycles. The van der Waals surface area contributed by atoms with Crippen molar-refractivity contribution < 1.29 is 0 Å². The van der Waals surface area contributed by atoms with Gasteiger partial charge in [0.05, 0.1) is 28.7 Å². The van der Waals surface area contributed by atoms with Gasteiger partial charge in [0.15, 0.2) is 5.82 Å². The molecule has 150 valence electrons. The zero-order chi connectivity index (χ0) is 21.0. The van der Waals surface area contributed by atoms with E-state index in [1.807, 2.05) is 45.0 Å². The molecule has 3 heterocycles. The van der Waals surface area contributed by atoms with Gasteiger partial charge < -0.3 is 10.7 Å². The fourth-order valence-electron chi connectivity index (χ4n) is 2.69. The first-order valence-corrected chi connectivity index (χ1v) is 9.67.